The Bertz CT molecular complexity index is 916. The third-order valence-corrected chi connectivity index (χ3v) is 6.25. The number of rotatable bonds is 1. The molecule has 0 saturated heterocycles. The van der Waals surface area contributed by atoms with Crippen LogP contribution in [0.5, 0.6) is 0 Å². The molecule has 2 aromatic rings. The second-order valence-corrected chi connectivity index (χ2v) is 8.11. The number of thiophene rings is 1. The molecule has 1 fully saturated rings. The Morgan fingerprint density at radius 3 is 2.67 bits per heavy atom. The number of halogens is 1. The third kappa shape index (κ3) is 4.77. The van der Waals surface area contributed by atoms with Crippen molar-refractivity contribution in [2.45, 2.75) is 40.5 Å². The van der Waals surface area contributed by atoms with E-state index in [4.69, 9.17) is 17.3 Å². The molecule has 3 nitrogen and oxygen atoms in total. The summed E-state index contributed by atoms with van der Waals surface area (Å²) in [6.45, 7) is 7.94. The normalized spacial score (nSPS) is 20.4. The first-order valence-electron chi connectivity index (χ1n) is 9.26. The predicted molar refractivity (Wildman–Crippen MR) is 116 cm³/mol. The topological polar surface area (TPSA) is 60.2 Å². The number of Topliss-reactive ketones (excluding diaryl/α,β-unsaturated/α-hetero) is 1. The zero-order chi connectivity index (χ0) is 20.1. The van der Waals surface area contributed by atoms with Gasteiger partial charge in [-0.15, -0.1) is 0 Å². The molecule has 4 rings (SSSR count). The molecule has 1 aromatic carbocycles. The van der Waals surface area contributed by atoms with Crippen LogP contribution in [0.25, 0.3) is 10.1 Å². The van der Waals surface area contributed by atoms with Crippen molar-refractivity contribution in [1.29, 1.82) is 0 Å². The zero-order valence-electron chi connectivity index (χ0n) is 16.2. The van der Waals surface area contributed by atoms with E-state index >= 15 is 0 Å². The number of allylic oxidation sites excluding steroid dienone is 3. The van der Waals surface area contributed by atoms with Crippen LogP contribution in [0.2, 0.25) is 5.02 Å². The van der Waals surface area contributed by atoms with Crippen molar-refractivity contribution in [2.75, 3.05) is 0 Å². The van der Waals surface area contributed by atoms with Crippen molar-refractivity contribution >= 4 is 50.7 Å². The Balaban J connectivity index is 0.000000178. The van der Waals surface area contributed by atoms with E-state index in [9.17, 15) is 9.50 Å². The number of carbonyl (C=O) groups excluding carboxylic acids is 1. The van der Waals surface area contributed by atoms with Gasteiger partial charge in [0.15, 0.2) is 5.78 Å². The number of aryl methyl sites for hydroxylation is 1. The number of ketones is 1. The molecule has 2 N–H and O–H groups in total. The number of nitrogens with two attached hydrogens (primary N) is 1. The molecule has 0 spiro atoms. The Morgan fingerprint density at radius 2 is 2.00 bits per heavy atom. The van der Waals surface area contributed by atoms with Gasteiger partial charge in [-0.1, -0.05) is 26.8 Å². The summed E-state index contributed by atoms with van der Waals surface area (Å²) < 4.78 is 12.6. The summed E-state index contributed by atoms with van der Waals surface area (Å²) in [5, 5.41) is 1.80. The molecule has 1 saturated carbocycles. The first-order chi connectivity index (χ1) is 12.9. The van der Waals surface area contributed by atoms with E-state index in [1.807, 2.05) is 58.0 Å². The van der Waals surface area contributed by atoms with Gasteiger partial charge >= 0.3 is 85.4 Å². The fraction of sp³-hybridized carbons (Fsp3) is 0.381. The number of carbonyl (C=O) groups is 1. The summed E-state index contributed by atoms with van der Waals surface area (Å²) >= 11 is 7.37. The minimum atomic E-state index is 0.209. The van der Waals surface area contributed by atoms with Crippen LogP contribution in [0.3, 0.4) is 0 Å². The van der Waals surface area contributed by atoms with Crippen LogP contribution >= 0.6 is 22.9 Å². The Hall–Kier alpha value is -1.72. The van der Waals surface area contributed by atoms with Crippen molar-refractivity contribution in [2.24, 2.45) is 17.6 Å². The van der Waals surface area contributed by atoms with Gasteiger partial charge in [0.05, 0.1) is 0 Å². The summed E-state index contributed by atoms with van der Waals surface area (Å²) in [4.78, 5) is 11.5. The molecule has 0 aliphatic heterocycles. The average molecular weight is 402 g/mol. The van der Waals surface area contributed by atoms with Crippen molar-refractivity contribution in [3.05, 3.63) is 52.2 Å². The Kier molecular flexibility index (Phi) is 7.57. The van der Waals surface area contributed by atoms with E-state index in [0.29, 0.717) is 16.7 Å². The van der Waals surface area contributed by atoms with Crippen molar-refractivity contribution in [3.63, 3.8) is 0 Å². The van der Waals surface area contributed by atoms with Crippen LogP contribution < -0.4 is 10.5 Å². The maximum atomic E-state index is 11.5. The maximum absolute atomic E-state index is 11.5. The van der Waals surface area contributed by atoms with Gasteiger partial charge in [-0.3, -0.25) is 4.79 Å². The van der Waals surface area contributed by atoms with Gasteiger partial charge in [-0.05, 0) is 24.8 Å². The quantitative estimate of drug-likeness (QED) is 0.688. The predicted octanol–water partition coefficient (Wildman–Crippen LogP) is 4.95. The van der Waals surface area contributed by atoms with E-state index in [1.165, 1.54) is 11.3 Å². The number of hydrogen-bond donors (Lipinski definition) is 1. The molecule has 0 bridgehead atoms. The van der Waals surface area contributed by atoms with Crippen LogP contribution in [0.4, 0.5) is 0 Å². The second kappa shape index (κ2) is 9.47. The molecule has 0 radical (unpaired) electrons. The molecule has 1 heterocycles. The van der Waals surface area contributed by atoms with Gasteiger partial charge in [0.2, 0.25) is 0 Å². The van der Waals surface area contributed by atoms with Crippen molar-refractivity contribution in [1.82, 2.24) is 0 Å². The monoisotopic (exact) mass is 401 g/mol. The van der Waals surface area contributed by atoms with Crippen LogP contribution in [-0.4, -0.2) is 12.9 Å². The molecule has 2 aliphatic carbocycles. The molecule has 0 amide bonds. The average Bonchev–Trinajstić information content (AvgIpc) is 3.14. The summed E-state index contributed by atoms with van der Waals surface area (Å²) in [5.74, 6) is 0.969. The Labute approximate surface area is 170 Å². The third-order valence-electron chi connectivity index (χ3n) is 4.81. The minimum absolute atomic E-state index is 0.209. The summed E-state index contributed by atoms with van der Waals surface area (Å²) in [6, 6.07) is 5.69. The van der Waals surface area contributed by atoms with Crippen molar-refractivity contribution < 1.29 is 9.50 Å². The van der Waals surface area contributed by atoms with Crippen molar-refractivity contribution in [3.8, 4) is 0 Å². The molecule has 2 atom stereocenters. The summed E-state index contributed by atoms with van der Waals surface area (Å²) in [5.41, 5.74) is 8.37. The number of hydrogen-bond acceptors (Lipinski definition) is 4. The van der Waals surface area contributed by atoms with Gasteiger partial charge in [0.1, 0.15) is 0 Å². The SMILES string of the molecule is CC.CC1CC2CC=C(N)C=C2C1=O.Cc1c(B=O)sc2ccc(Cl)cc12. The summed E-state index contributed by atoms with van der Waals surface area (Å²) in [7, 11) is 0.897. The standard InChI is InChI=1S/C10H13NO.C9H6BClOS.C2H6/c1-6-4-7-2-3-8(11)5-9(7)10(6)12;1-5-7-4-6(11)2-3-8(7)13-9(5)10-12;1-2/h3,5-7H,2,4,11H2,1H3;2-4H,1H3;1-2H3. The van der Waals surface area contributed by atoms with Gasteiger partial charge in [-0.2, -0.15) is 0 Å². The molecule has 2 unspecified atom stereocenters. The number of benzene rings is 1. The Morgan fingerprint density at radius 1 is 1.30 bits per heavy atom. The molecular formula is C21H25BClNO2S. The van der Waals surface area contributed by atoms with E-state index < -0.39 is 0 Å². The van der Waals surface area contributed by atoms with E-state index in [0.717, 1.165) is 51.7 Å². The van der Waals surface area contributed by atoms with Gasteiger partial charge in [0, 0.05) is 17.2 Å². The fourth-order valence-corrected chi connectivity index (χ4v) is 4.58. The fourth-order valence-electron chi connectivity index (χ4n) is 3.40. The van der Waals surface area contributed by atoms with E-state index in [1.54, 1.807) is 0 Å². The van der Waals surface area contributed by atoms with E-state index in [2.05, 4.69) is 0 Å². The number of fused-ring (bicyclic) bond motifs is 2. The van der Waals surface area contributed by atoms with Crippen LogP contribution in [-0.2, 0) is 9.50 Å². The van der Waals surface area contributed by atoms with E-state index in [-0.39, 0.29) is 5.92 Å². The van der Waals surface area contributed by atoms with Crippen LogP contribution in [0.15, 0.2) is 41.6 Å². The zero-order valence-corrected chi connectivity index (χ0v) is 17.8. The molecule has 2 aliphatic rings. The molecule has 27 heavy (non-hydrogen) atoms. The summed E-state index contributed by atoms with van der Waals surface area (Å²) in [6.07, 6.45) is 5.82. The van der Waals surface area contributed by atoms with Crippen LogP contribution in [0.1, 0.15) is 39.2 Å². The second-order valence-electron chi connectivity index (χ2n) is 6.59. The van der Waals surface area contributed by atoms with Gasteiger partial charge < -0.3 is 5.73 Å². The molecule has 1 aromatic heterocycles. The molecule has 142 valence electrons. The molecular weight excluding hydrogens is 377 g/mol. The van der Waals surface area contributed by atoms with Crippen LogP contribution in [0, 0.1) is 18.8 Å². The first kappa shape index (κ1) is 21.6. The molecule has 6 heteroatoms. The first-order valence-corrected chi connectivity index (χ1v) is 10.5. The van der Waals surface area contributed by atoms with Gasteiger partial charge in [0.25, 0.3) is 0 Å². The van der Waals surface area contributed by atoms with Gasteiger partial charge in [-0.25, -0.2) is 0 Å².